The van der Waals surface area contributed by atoms with E-state index in [1.54, 1.807) is 0 Å². The third-order valence-electron chi connectivity index (χ3n) is 3.92. The first-order valence-corrected chi connectivity index (χ1v) is 7.00. The fourth-order valence-corrected chi connectivity index (χ4v) is 2.87. The number of benzene rings is 2. The van der Waals surface area contributed by atoms with Gasteiger partial charge in [-0.2, -0.15) is 0 Å². The van der Waals surface area contributed by atoms with E-state index in [0.717, 1.165) is 24.9 Å². The molecule has 0 bridgehead atoms. The number of fused-ring (bicyclic) bond motifs is 1. The van der Waals surface area contributed by atoms with Crippen LogP contribution in [0.3, 0.4) is 0 Å². The Hall–Kier alpha value is -1.96. The molecule has 0 spiro atoms. The van der Waals surface area contributed by atoms with Crippen LogP contribution in [-0.4, -0.2) is 0 Å². The van der Waals surface area contributed by atoms with E-state index < -0.39 is 0 Å². The fraction of sp³-hybridized carbons (Fsp3) is 0.294. The molecule has 2 aromatic carbocycles. The van der Waals surface area contributed by atoms with E-state index in [1.165, 1.54) is 22.4 Å². The smallest absolute Gasteiger partial charge is 0.0519 e. The van der Waals surface area contributed by atoms with E-state index in [4.69, 9.17) is 5.73 Å². The lowest BCUT2D eigenvalue weighted by molar-refractivity contribution is 0.762. The molecule has 1 aliphatic rings. The number of hydrogen-bond acceptors (Lipinski definition) is 2. The number of aryl methyl sites for hydroxylation is 2. The van der Waals surface area contributed by atoms with E-state index in [-0.39, 0.29) is 0 Å². The van der Waals surface area contributed by atoms with Gasteiger partial charge in [0.2, 0.25) is 0 Å². The Bertz CT molecular complexity index is 590. The largest absolute Gasteiger partial charge is 0.399 e. The minimum Gasteiger partial charge on any atom is -0.399 e. The summed E-state index contributed by atoms with van der Waals surface area (Å²) >= 11 is 0. The topological polar surface area (TPSA) is 38.0 Å². The molecule has 1 aliphatic carbocycles. The van der Waals surface area contributed by atoms with Crippen molar-refractivity contribution in [3.05, 3.63) is 59.2 Å². The number of anilines is 2. The minimum atomic E-state index is 0.419. The van der Waals surface area contributed by atoms with Gasteiger partial charge >= 0.3 is 0 Å². The Kier molecular flexibility index (Phi) is 3.16. The van der Waals surface area contributed by atoms with Gasteiger partial charge in [-0.15, -0.1) is 0 Å². The van der Waals surface area contributed by atoms with E-state index in [1.807, 2.05) is 6.07 Å². The van der Waals surface area contributed by atoms with Gasteiger partial charge in [-0.1, -0.05) is 25.1 Å². The average Bonchev–Trinajstić information content (AvgIpc) is 2.81. The SMILES string of the molecule is CCc1cccc(NC2CCc3cc(N)ccc32)c1. The summed E-state index contributed by atoms with van der Waals surface area (Å²) in [6.07, 6.45) is 3.34. The first-order chi connectivity index (χ1) is 9.26. The maximum atomic E-state index is 5.85. The van der Waals surface area contributed by atoms with Gasteiger partial charge in [-0.05, 0) is 60.2 Å². The van der Waals surface area contributed by atoms with Crippen LogP contribution in [0.2, 0.25) is 0 Å². The van der Waals surface area contributed by atoms with Gasteiger partial charge in [-0.3, -0.25) is 0 Å². The molecular weight excluding hydrogens is 232 g/mol. The zero-order valence-electron chi connectivity index (χ0n) is 11.3. The molecule has 0 saturated heterocycles. The van der Waals surface area contributed by atoms with Crippen molar-refractivity contribution in [2.45, 2.75) is 32.2 Å². The standard InChI is InChI=1S/C17H20N2/c1-2-12-4-3-5-15(10-12)19-17-9-6-13-11-14(18)7-8-16(13)17/h3-5,7-8,10-11,17,19H,2,6,9,18H2,1H3. The van der Waals surface area contributed by atoms with E-state index >= 15 is 0 Å². The van der Waals surface area contributed by atoms with Gasteiger partial charge in [0.1, 0.15) is 0 Å². The average molecular weight is 252 g/mol. The molecule has 1 atom stereocenters. The third kappa shape index (κ3) is 2.43. The van der Waals surface area contributed by atoms with Crippen LogP contribution < -0.4 is 11.1 Å². The Morgan fingerprint density at radius 3 is 2.95 bits per heavy atom. The quantitative estimate of drug-likeness (QED) is 0.812. The highest BCUT2D eigenvalue weighted by Gasteiger charge is 2.22. The van der Waals surface area contributed by atoms with Gasteiger partial charge in [0.05, 0.1) is 6.04 Å². The summed E-state index contributed by atoms with van der Waals surface area (Å²) in [5.74, 6) is 0. The lowest BCUT2D eigenvalue weighted by Gasteiger charge is -2.16. The predicted molar refractivity (Wildman–Crippen MR) is 81.4 cm³/mol. The lowest BCUT2D eigenvalue weighted by Crippen LogP contribution is -2.07. The Labute approximate surface area is 114 Å². The van der Waals surface area contributed by atoms with Crippen molar-refractivity contribution in [1.82, 2.24) is 0 Å². The number of hydrogen-bond donors (Lipinski definition) is 2. The highest BCUT2D eigenvalue weighted by atomic mass is 14.9. The first kappa shape index (κ1) is 12.1. The Morgan fingerprint density at radius 1 is 1.21 bits per heavy atom. The van der Waals surface area contributed by atoms with Gasteiger partial charge in [-0.25, -0.2) is 0 Å². The normalized spacial score (nSPS) is 17.2. The van der Waals surface area contributed by atoms with Crippen LogP contribution in [0.15, 0.2) is 42.5 Å². The summed E-state index contributed by atoms with van der Waals surface area (Å²) < 4.78 is 0. The first-order valence-electron chi connectivity index (χ1n) is 7.00. The maximum Gasteiger partial charge on any atom is 0.0519 e. The van der Waals surface area contributed by atoms with Crippen LogP contribution in [0.25, 0.3) is 0 Å². The summed E-state index contributed by atoms with van der Waals surface area (Å²) in [4.78, 5) is 0. The fourth-order valence-electron chi connectivity index (χ4n) is 2.87. The zero-order valence-corrected chi connectivity index (χ0v) is 11.3. The van der Waals surface area contributed by atoms with Gasteiger partial charge in [0.15, 0.2) is 0 Å². The van der Waals surface area contributed by atoms with Crippen molar-refractivity contribution in [2.24, 2.45) is 0 Å². The second-order valence-corrected chi connectivity index (χ2v) is 5.25. The van der Waals surface area contributed by atoms with Crippen molar-refractivity contribution in [1.29, 1.82) is 0 Å². The van der Waals surface area contributed by atoms with Crippen LogP contribution in [0.5, 0.6) is 0 Å². The van der Waals surface area contributed by atoms with Gasteiger partial charge < -0.3 is 11.1 Å². The molecule has 2 heteroatoms. The molecule has 0 aromatic heterocycles. The summed E-state index contributed by atoms with van der Waals surface area (Å²) in [6.45, 7) is 2.19. The summed E-state index contributed by atoms with van der Waals surface area (Å²) in [6, 6.07) is 15.4. The molecule has 0 heterocycles. The second kappa shape index (κ2) is 4.96. The molecule has 0 amide bonds. The lowest BCUT2D eigenvalue weighted by atomic mass is 10.1. The molecule has 0 aliphatic heterocycles. The van der Waals surface area contributed by atoms with E-state index in [2.05, 4.69) is 48.6 Å². The van der Waals surface area contributed by atoms with Gasteiger partial charge in [0.25, 0.3) is 0 Å². The van der Waals surface area contributed by atoms with Crippen LogP contribution in [0.1, 0.15) is 36.1 Å². The highest BCUT2D eigenvalue weighted by Crippen LogP contribution is 2.34. The van der Waals surface area contributed by atoms with Crippen molar-refractivity contribution < 1.29 is 0 Å². The summed E-state index contributed by atoms with van der Waals surface area (Å²) in [5.41, 5.74) is 12.1. The molecule has 0 fully saturated rings. The number of nitrogen functional groups attached to an aromatic ring is 1. The van der Waals surface area contributed by atoms with Crippen molar-refractivity contribution in [2.75, 3.05) is 11.1 Å². The van der Waals surface area contributed by atoms with Gasteiger partial charge in [0, 0.05) is 11.4 Å². The molecule has 3 rings (SSSR count). The van der Waals surface area contributed by atoms with E-state index in [0.29, 0.717) is 6.04 Å². The molecule has 0 radical (unpaired) electrons. The zero-order chi connectivity index (χ0) is 13.2. The number of rotatable bonds is 3. The van der Waals surface area contributed by atoms with Crippen molar-refractivity contribution >= 4 is 11.4 Å². The number of nitrogens with one attached hydrogen (secondary N) is 1. The molecule has 0 saturated carbocycles. The maximum absolute atomic E-state index is 5.85. The molecule has 98 valence electrons. The Morgan fingerprint density at radius 2 is 2.11 bits per heavy atom. The van der Waals surface area contributed by atoms with Crippen LogP contribution in [0.4, 0.5) is 11.4 Å². The molecular formula is C17H20N2. The summed E-state index contributed by atoms with van der Waals surface area (Å²) in [5, 5.41) is 3.65. The summed E-state index contributed by atoms with van der Waals surface area (Å²) in [7, 11) is 0. The van der Waals surface area contributed by atoms with Crippen LogP contribution in [-0.2, 0) is 12.8 Å². The second-order valence-electron chi connectivity index (χ2n) is 5.25. The Balaban J connectivity index is 1.82. The predicted octanol–water partition coefficient (Wildman–Crippen LogP) is 3.93. The minimum absolute atomic E-state index is 0.419. The number of nitrogens with two attached hydrogens (primary N) is 1. The molecule has 3 N–H and O–H groups in total. The van der Waals surface area contributed by atoms with Crippen molar-refractivity contribution in [3.8, 4) is 0 Å². The molecule has 19 heavy (non-hydrogen) atoms. The molecule has 2 nitrogen and oxygen atoms in total. The third-order valence-corrected chi connectivity index (χ3v) is 3.92. The molecule has 2 aromatic rings. The van der Waals surface area contributed by atoms with Crippen LogP contribution in [0, 0.1) is 0 Å². The van der Waals surface area contributed by atoms with E-state index in [9.17, 15) is 0 Å². The molecule has 1 unspecified atom stereocenters. The monoisotopic (exact) mass is 252 g/mol. The highest BCUT2D eigenvalue weighted by molar-refractivity contribution is 5.53. The van der Waals surface area contributed by atoms with Crippen molar-refractivity contribution in [3.63, 3.8) is 0 Å². The van der Waals surface area contributed by atoms with Crippen LogP contribution >= 0.6 is 0 Å².